The fourth-order valence-electron chi connectivity index (χ4n) is 3.77. The van der Waals surface area contributed by atoms with Gasteiger partial charge in [0.25, 0.3) is 0 Å². The van der Waals surface area contributed by atoms with Crippen LogP contribution in [0.15, 0.2) is 23.6 Å². The quantitative estimate of drug-likeness (QED) is 0.468. The van der Waals surface area contributed by atoms with E-state index in [9.17, 15) is 4.79 Å². The number of hydrogen-bond acceptors (Lipinski definition) is 8. The minimum Gasteiger partial charge on any atom is -0.496 e. The normalized spacial score (nSPS) is 17.4. The highest BCUT2D eigenvalue weighted by Gasteiger charge is 2.32. The molecule has 0 bridgehead atoms. The van der Waals surface area contributed by atoms with Crippen LogP contribution in [0.25, 0.3) is 21.6 Å². The molecular formula is C23H29Cl2N3O4S. The first-order chi connectivity index (χ1) is 14.9. The van der Waals surface area contributed by atoms with Crippen molar-refractivity contribution in [3.05, 3.63) is 34.8 Å². The molecule has 1 saturated heterocycles. The average Bonchev–Trinajstić information content (AvgIpc) is 3.44. The Balaban J connectivity index is 0.00000193. The Bertz CT molecular complexity index is 1120. The number of methoxy groups -OCH3 is 2. The third kappa shape index (κ3) is 5.51. The van der Waals surface area contributed by atoms with Gasteiger partial charge in [0.2, 0.25) is 0 Å². The lowest BCUT2D eigenvalue weighted by atomic mass is 10.1. The number of fused-ring (bicyclic) bond motifs is 1. The van der Waals surface area contributed by atoms with Gasteiger partial charge in [0.05, 0.1) is 25.4 Å². The number of pyridine rings is 1. The first kappa shape index (κ1) is 27.1. The zero-order valence-corrected chi connectivity index (χ0v) is 21.7. The van der Waals surface area contributed by atoms with E-state index in [-0.39, 0.29) is 42.9 Å². The van der Waals surface area contributed by atoms with Crippen LogP contribution in [0.5, 0.6) is 11.5 Å². The molecule has 0 saturated carbocycles. The SMILES string of the molecule is COC(=O)[C@@H]1C[C@@H](Oc2cc(-c3nc(C(C)C)cs3)nc3c(C)c(OC)ccc23)CN1.Cl.Cl. The molecule has 7 nitrogen and oxygen atoms in total. The van der Waals surface area contributed by atoms with E-state index in [1.807, 2.05) is 25.1 Å². The van der Waals surface area contributed by atoms with Crippen molar-refractivity contribution in [1.29, 1.82) is 0 Å². The molecule has 1 N–H and O–H groups in total. The van der Waals surface area contributed by atoms with Gasteiger partial charge in [-0.05, 0) is 25.0 Å². The Labute approximate surface area is 210 Å². The van der Waals surface area contributed by atoms with Crippen molar-refractivity contribution >= 4 is 53.0 Å². The second kappa shape index (κ2) is 11.3. The number of carbonyl (C=O) groups is 1. The Morgan fingerprint density at radius 1 is 1.18 bits per heavy atom. The Morgan fingerprint density at radius 2 is 1.94 bits per heavy atom. The Kier molecular flexibility index (Phi) is 9.31. The number of hydrogen-bond donors (Lipinski definition) is 1. The van der Waals surface area contributed by atoms with Crippen molar-refractivity contribution in [2.75, 3.05) is 20.8 Å². The molecular weight excluding hydrogens is 485 g/mol. The van der Waals surface area contributed by atoms with Gasteiger partial charge in [0.15, 0.2) is 0 Å². The molecule has 1 aliphatic rings. The first-order valence-electron chi connectivity index (χ1n) is 10.3. The van der Waals surface area contributed by atoms with Crippen LogP contribution in [0, 0.1) is 6.92 Å². The zero-order chi connectivity index (χ0) is 22.1. The summed E-state index contributed by atoms with van der Waals surface area (Å²) in [6.45, 7) is 6.82. The third-order valence-corrected chi connectivity index (χ3v) is 6.45. The second-order valence-electron chi connectivity index (χ2n) is 7.99. The monoisotopic (exact) mass is 513 g/mol. The fourth-order valence-corrected chi connectivity index (χ4v) is 4.71. The largest absolute Gasteiger partial charge is 0.496 e. The van der Waals surface area contributed by atoms with Gasteiger partial charge in [-0.3, -0.25) is 4.79 Å². The van der Waals surface area contributed by atoms with E-state index in [2.05, 4.69) is 24.5 Å². The van der Waals surface area contributed by atoms with Gasteiger partial charge in [-0.2, -0.15) is 0 Å². The summed E-state index contributed by atoms with van der Waals surface area (Å²) >= 11 is 1.58. The standard InChI is InChI=1S/C23H27N3O4S.2ClH/c1-12(2)18-11-31-22(26-18)16-9-20(30-14-8-17(24-10-14)23(27)29-5)15-6-7-19(28-4)13(3)21(15)25-16;;/h6-7,9,11-12,14,17,24H,8,10H2,1-5H3;2*1H/t14-,17+;;/m1../s1. The highest BCUT2D eigenvalue weighted by atomic mass is 35.5. The van der Waals surface area contributed by atoms with E-state index in [4.69, 9.17) is 24.2 Å². The summed E-state index contributed by atoms with van der Waals surface area (Å²) in [7, 11) is 3.05. The van der Waals surface area contributed by atoms with Gasteiger partial charge < -0.3 is 19.5 Å². The molecule has 3 aromatic rings. The van der Waals surface area contributed by atoms with E-state index >= 15 is 0 Å². The number of aryl methyl sites for hydroxylation is 1. The van der Waals surface area contributed by atoms with Crippen LogP contribution in [-0.2, 0) is 9.53 Å². The molecule has 10 heteroatoms. The second-order valence-corrected chi connectivity index (χ2v) is 8.84. The summed E-state index contributed by atoms with van der Waals surface area (Å²) in [5.74, 6) is 1.58. The average molecular weight is 514 g/mol. The summed E-state index contributed by atoms with van der Waals surface area (Å²) in [5.41, 5.74) is 3.59. The minimum absolute atomic E-state index is 0. The molecule has 4 rings (SSSR count). The van der Waals surface area contributed by atoms with Crippen molar-refractivity contribution in [3.63, 3.8) is 0 Å². The van der Waals surface area contributed by atoms with Gasteiger partial charge in [0.1, 0.15) is 34.3 Å². The molecule has 3 heterocycles. The Morgan fingerprint density at radius 3 is 2.58 bits per heavy atom. The minimum atomic E-state index is -0.350. The van der Waals surface area contributed by atoms with E-state index in [0.29, 0.717) is 18.9 Å². The van der Waals surface area contributed by atoms with Gasteiger partial charge >= 0.3 is 5.97 Å². The molecule has 1 aliphatic heterocycles. The number of rotatable bonds is 6. The number of thiazole rings is 1. The summed E-state index contributed by atoms with van der Waals surface area (Å²) in [4.78, 5) is 21.6. The number of halogens is 2. The highest BCUT2D eigenvalue weighted by molar-refractivity contribution is 7.13. The van der Waals surface area contributed by atoms with Crippen LogP contribution in [-0.4, -0.2) is 48.8 Å². The number of nitrogens with zero attached hydrogens (tertiary/aromatic N) is 2. The molecule has 0 spiro atoms. The topological polar surface area (TPSA) is 82.6 Å². The van der Waals surface area contributed by atoms with Crippen molar-refractivity contribution in [2.24, 2.45) is 0 Å². The first-order valence-corrected chi connectivity index (χ1v) is 11.2. The van der Waals surface area contributed by atoms with Gasteiger partial charge in [0, 0.05) is 35.4 Å². The number of esters is 1. The molecule has 1 fully saturated rings. The Hall–Kier alpha value is -2.13. The molecule has 2 aromatic heterocycles. The molecule has 180 valence electrons. The number of benzene rings is 1. The summed E-state index contributed by atoms with van der Waals surface area (Å²) in [5, 5.41) is 7.01. The van der Waals surface area contributed by atoms with E-state index < -0.39 is 0 Å². The predicted molar refractivity (Wildman–Crippen MR) is 136 cm³/mol. The zero-order valence-electron chi connectivity index (χ0n) is 19.2. The number of carbonyl (C=O) groups excluding carboxylic acids is 1. The van der Waals surface area contributed by atoms with Gasteiger partial charge in [-0.25, -0.2) is 9.97 Å². The fraction of sp³-hybridized carbons (Fsp3) is 0.435. The number of nitrogens with one attached hydrogen (secondary N) is 1. The van der Waals surface area contributed by atoms with E-state index in [1.165, 1.54) is 7.11 Å². The maximum Gasteiger partial charge on any atom is 0.323 e. The number of ether oxygens (including phenoxy) is 3. The molecule has 0 amide bonds. The van der Waals surface area contributed by atoms with E-state index in [1.54, 1.807) is 18.4 Å². The molecule has 33 heavy (non-hydrogen) atoms. The van der Waals surface area contributed by atoms with Crippen LogP contribution in [0.4, 0.5) is 0 Å². The lowest BCUT2D eigenvalue weighted by Crippen LogP contribution is -2.31. The molecule has 0 aliphatic carbocycles. The van der Waals surface area contributed by atoms with Crippen LogP contribution < -0.4 is 14.8 Å². The van der Waals surface area contributed by atoms with Crippen molar-refractivity contribution in [1.82, 2.24) is 15.3 Å². The highest BCUT2D eigenvalue weighted by Crippen LogP contribution is 2.37. The van der Waals surface area contributed by atoms with Crippen LogP contribution in [0.2, 0.25) is 0 Å². The van der Waals surface area contributed by atoms with Crippen molar-refractivity contribution in [2.45, 2.75) is 45.3 Å². The number of aromatic nitrogens is 2. The van der Waals surface area contributed by atoms with Crippen LogP contribution in [0.1, 0.15) is 37.4 Å². The molecule has 0 radical (unpaired) electrons. The van der Waals surface area contributed by atoms with Crippen molar-refractivity contribution < 1.29 is 19.0 Å². The summed E-state index contributed by atoms with van der Waals surface area (Å²) < 4.78 is 16.7. The molecule has 1 aromatic carbocycles. The summed E-state index contributed by atoms with van der Waals surface area (Å²) in [6, 6.07) is 5.49. The lowest BCUT2D eigenvalue weighted by Gasteiger charge is -2.17. The maximum absolute atomic E-state index is 11.9. The van der Waals surface area contributed by atoms with Crippen LogP contribution in [0.3, 0.4) is 0 Å². The third-order valence-electron chi connectivity index (χ3n) is 5.57. The maximum atomic E-state index is 11.9. The van der Waals surface area contributed by atoms with Crippen molar-refractivity contribution in [3.8, 4) is 22.2 Å². The van der Waals surface area contributed by atoms with Crippen LogP contribution >= 0.6 is 36.2 Å². The lowest BCUT2D eigenvalue weighted by molar-refractivity contribution is -0.142. The smallest absolute Gasteiger partial charge is 0.323 e. The van der Waals surface area contributed by atoms with Gasteiger partial charge in [-0.1, -0.05) is 13.8 Å². The molecule has 0 unspecified atom stereocenters. The molecule has 2 atom stereocenters. The predicted octanol–water partition coefficient (Wildman–Crippen LogP) is 4.92. The van der Waals surface area contributed by atoms with Gasteiger partial charge in [-0.15, -0.1) is 36.2 Å². The van der Waals surface area contributed by atoms with E-state index in [0.717, 1.165) is 44.4 Å². The summed E-state index contributed by atoms with van der Waals surface area (Å²) in [6.07, 6.45) is 0.405.